The number of amides is 1. The highest BCUT2D eigenvalue weighted by Gasteiger charge is 2.24. The Bertz CT molecular complexity index is 1310. The molecule has 0 fully saturated rings. The maximum absolute atomic E-state index is 13.3. The van der Waals surface area contributed by atoms with Crippen LogP contribution in [0.3, 0.4) is 0 Å². The minimum absolute atomic E-state index is 0.189. The molecule has 0 aliphatic carbocycles. The highest BCUT2D eigenvalue weighted by atomic mass is 32.1. The molecule has 144 valence electrons. The zero-order valence-electron chi connectivity index (χ0n) is 15.4. The van der Waals surface area contributed by atoms with E-state index in [2.05, 4.69) is 5.32 Å². The molecule has 6 nitrogen and oxygen atoms in total. The molecule has 4 aromatic rings. The number of ketones is 1. The van der Waals surface area contributed by atoms with Gasteiger partial charge in [0.1, 0.15) is 9.83 Å². The quantitative estimate of drug-likeness (QED) is 0.483. The molecule has 1 amide bonds. The lowest BCUT2D eigenvalue weighted by Gasteiger charge is -2.07. The molecule has 0 bridgehead atoms. The molecule has 0 unspecified atom stereocenters. The zero-order chi connectivity index (χ0) is 20.5. The van der Waals surface area contributed by atoms with Gasteiger partial charge in [0.2, 0.25) is 0 Å². The summed E-state index contributed by atoms with van der Waals surface area (Å²) < 4.78 is 1.49. The Kier molecular flexibility index (Phi) is 4.74. The number of fused-ring (bicyclic) bond motifs is 1. The normalized spacial score (nSPS) is 10.8. The summed E-state index contributed by atoms with van der Waals surface area (Å²) in [5.41, 5.74) is 1.99. The van der Waals surface area contributed by atoms with Crippen molar-refractivity contribution in [3.8, 4) is 5.69 Å². The van der Waals surface area contributed by atoms with Crippen LogP contribution in [-0.4, -0.2) is 21.6 Å². The number of carboxylic acid groups (broad SMARTS) is 1. The van der Waals surface area contributed by atoms with E-state index in [9.17, 15) is 19.5 Å². The minimum atomic E-state index is -1.27. The van der Waals surface area contributed by atoms with Crippen LogP contribution in [0.2, 0.25) is 0 Å². The Morgan fingerprint density at radius 3 is 2.45 bits per heavy atom. The smallest absolute Gasteiger partial charge is 0.409 e. The van der Waals surface area contributed by atoms with Gasteiger partial charge in [-0.1, -0.05) is 53.3 Å². The average molecular weight is 404 g/mol. The van der Waals surface area contributed by atoms with E-state index >= 15 is 0 Å². The van der Waals surface area contributed by atoms with E-state index in [1.807, 2.05) is 31.2 Å². The fourth-order valence-corrected chi connectivity index (χ4v) is 4.45. The van der Waals surface area contributed by atoms with Crippen molar-refractivity contribution >= 4 is 38.4 Å². The number of rotatable bonds is 4. The lowest BCUT2D eigenvalue weighted by Crippen LogP contribution is -2.16. The first kappa shape index (κ1) is 18.6. The number of thiophene rings is 1. The van der Waals surface area contributed by atoms with Gasteiger partial charge in [0.15, 0.2) is 5.78 Å². The number of nitrogens with zero attached hydrogens (tertiary/aromatic N) is 1. The first-order valence-corrected chi connectivity index (χ1v) is 9.62. The summed E-state index contributed by atoms with van der Waals surface area (Å²) in [6.07, 6.45) is -1.27. The Morgan fingerprint density at radius 1 is 1.00 bits per heavy atom. The van der Waals surface area contributed by atoms with Crippen molar-refractivity contribution in [2.75, 3.05) is 5.32 Å². The molecular formula is C22H16N2O4S. The van der Waals surface area contributed by atoms with Crippen LogP contribution in [0.15, 0.2) is 71.5 Å². The van der Waals surface area contributed by atoms with Gasteiger partial charge in [0, 0.05) is 17.0 Å². The van der Waals surface area contributed by atoms with Crippen LogP contribution in [0.5, 0.6) is 0 Å². The Labute approximate surface area is 169 Å². The second kappa shape index (κ2) is 7.37. The minimum Gasteiger partial charge on any atom is -0.465 e. The number of pyridine rings is 1. The van der Waals surface area contributed by atoms with Crippen LogP contribution >= 0.6 is 11.3 Å². The summed E-state index contributed by atoms with van der Waals surface area (Å²) in [4.78, 5) is 37.8. The third-order valence-corrected chi connectivity index (χ3v) is 5.59. The SMILES string of the molecule is Cc1cccc(C(=O)c2c(NC(=O)O)sc3c2ccc(=O)n3-c2ccccc2)c1. The van der Waals surface area contributed by atoms with Gasteiger partial charge in [-0.3, -0.25) is 19.5 Å². The number of aromatic nitrogens is 1. The maximum Gasteiger partial charge on any atom is 0.409 e. The van der Waals surface area contributed by atoms with Crippen molar-refractivity contribution in [2.24, 2.45) is 0 Å². The van der Waals surface area contributed by atoms with Crippen molar-refractivity contribution in [2.45, 2.75) is 6.92 Å². The fraction of sp³-hybridized carbons (Fsp3) is 0.0455. The molecule has 0 saturated heterocycles. The van der Waals surface area contributed by atoms with Gasteiger partial charge in [-0.05, 0) is 31.2 Å². The Hall–Kier alpha value is -3.71. The first-order chi connectivity index (χ1) is 14.0. The van der Waals surface area contributed by atoms with Gasteiger partial charge < -0.3 is 5.11 Å². The van der Waals surface area contributed by atoms with Crippen molar-refractivity contribution in [3.05, 3.63) is 93.8 Å². The summed E-state index contributed by atoms with van der Waals surface area (Å²) in [5, 5.41) is 12.3. The number of para-hydroxylation sites is 1. The third-order valence-electron chi connectivity index (χ3n) is 4.48. The molecule has 0 saturated carbocycles. The number of carbonyl (C=O) groups is 2. The topological polar surface area (TPSA) is 88.4 Å². The van der Waals surface area contributed by atoms with Crippen LogP contribution < -0.4 is 10.9 Å². The predicted octanol–water partition coefficient (Wildman–Crippen LogP) is 4.68. The van der Waals surface area contributed by atoms with E-state index in [0.717, 1.165) is 16.9 Å². The molecule has 4 rings (SSSR count). The predicted molar refractivity (Wildman–Crippen MR) is 114 cm³/mol. The van der Waals surface area contributed by atoms with Gasteiger partial charge >= 0.3 is 6.09 Å². The number of hydrogen-bond acceptors (Lipinski definition) is 4. The summed E-state index contributed by atoms with van der Waals surface area (Å²) in [7, 11) is 0. The largest absolute Gasteiger partial charge is 0.465 e. The number of aryl methyl sites for hydroxylation is 1. The molecule has 2 heterocycles. The molecule has 0 aliphatic rings. The van der Waals surface area contributed by atoms with E-state index in [0.29, 0.717) is 21.5 Å². The lowest BCUT2D eigenvalue weighted by atomic mass is 10.0. The molecule has 2 N–H and O–H groups in total. The average Bonchev–Trinajstić information content (AvgIpc) is 3.05. The number of hydrogen-bond donors (Lipinski definition) is 2. The molecule has 7 heteroatoms. The summed E-state index contributed by atoms with van der Waals surface area (Å²) in [5.74, 6) is -0.304. The van der Waals surface area contributed by atoms with Crippen LogP contribution in [0.1, 0.15) is 21.5 Å². The van der Waals surface area contributed by atoms with Crippen LogP contribution in [0, 0.1) is 6.92 Å². The first-order valence-electron chi connectivity index (χ1n) is 8.81. The number of benzene rings is 2. The van der Waals surface area contributed by atoms with E-state index in [4.69, 9.17) is 0 Å². The molecule has 2 aromatic carbocycles. The second-order valence-corrected chi connectivity index (χ2v) is 7.50. The molecule has 0 aliphatic heterocycles. The summed E-state index contributed by atoms with van der Waals surface area (Å²) in [6, 6.07) is 19.1. The maximum atomic E-state index is 13.3. The molecule has 0 spiro atoms. The van der Waals surface area contributed by atoms with Crippen molar-refractivity contribution in [1.29, 1.82) is 0 Å². The molecular weight excluding hydrogens is 388 g/mol. The van der Waals surface area contributed by atoms with Crippen molar-refractivity contribution < 1.29 is 14.7 Å². The number of carbonyl (C=O) groups excluding carboxylic acids is 1. The van der Waals surface area contributed by atoms with Gasteiger partial charge in [-0.25, -0.2) is 4.79 Å². The summed E-state index contributed by atoms with van der Waals surface area (Å²) in [6.45, 7) is 1.88. The van der Waals surface area contributed by atoms with Gasteiger partial charge in [-0.15, -0.1) is 0 Å². The van der Waals surface area contributed by atoms with Gasteiger partial charge in [0.25, 0.3) is 5.56 Å². The zero-order valence-corrected chi connectivity index (χ0v) is 16.2. The second-order valence-electron chi connectivity index (χ2n) is 6.50. The van der Waals surface area contributed by atoms with E-state index in [-0.39, 0.29) is 21.9 Å². The Balaban J connectivity index is 2.02. The summed E-state index contributed by atoms with van der Waals surface area (Å²) >= 11 is 1.07. The lowest BCUT2D eigenvalue weighted by molar-refractivity contribution is 0.104. The third kappa shape index (κ3) is 3.43. The van der Waals surface area contributed by atoms with Crippen molar-refractivity contribution in [3.63, 3.8) is 0 Å². The highest BCUT2D eigenvalue weighted by molar-refractivity contribution is 7.23. The van der Waals surface area contributed by atoms with E-state index < -0.39 is 6.09 Å². The van der Waals surface area contributed by atoms with E-state index in [1.54, 1.807) is 36.4 Å². The van der Waals surface area contributed by atoms with E-state index in [1.165, 1.54) is 10.6 Å². The number of nitrogens with one attached hydrogen (secondary N) is 1. The highest BCUT2D eigenvalue weighted by Crippen LogP contribution is 2.37. The van der Waals surface area contributed by atoms with Crippen LogP contribution in [0.4, 0.5) is 9.80 Å². The Morgan fingerprint density at radius 2 is 1.76 bits per heavy atom. The monoisotopic (exact) mass is 404 g/mol. The molecule has 29 heavy (non-hydrogen) atoms. The molecule has 2 aromatic heterocycles. The fourth-order valence-electron chi connectivity index (χ4n) is 3.24. The number of anilines is 1. The standard InChI is InChI=1S/C22H16N2O4S/c1-13-6-5-7-14(12-13)19(26)18-16-10-11-17(25)24(15-8-3-2-4-9-15)21(16)29-20(18)23-22(27)28/h2-12,23H,1H3,(H,27,28). The van der Waals surface area contributed by atoms with Crippen molar-refractivity contribution in [1.82, 2.24) is 4.57 Å². The van der Waals surface area contributed by atoms with Crippen LogP contribution in [0.25, 0.3) is 15.9 Å². The molecule has 0 radical (unpaired) electrons. The van der Waals surface area contributed by atoms with Gasteiger partial charge in [0.05, 0.1) is 11.3 Å². The van der Waals surface area contributed by atoms with Crippen LogP contribution in [-0.2, 0) is 0 Å². The van der Waals surface area contributed by atoms with Gasteiger partial charge in [-0.2, -0.15) is 0 Å². The molecule has 0 atom stereocenters.